The molecule has 2 aromatic carbocycles. The molecule has 0 unspecified atom stereocenters. The van der Waals surface area contributed by atoms with Gasteiger partial charge in [-0.25, -0.2) is 4.39 Å². The molecule has 0 aliphatic carbocycles. The lowest BCUT2D eigenvalue weighted by atomic mass is 10.0. The Balaban J connectivity index is 1.93. The maximum atomic E-state index is 12.6. The second-order valence-corrected chi connectivity index (χ2v) is 5.94. The Hall–Kier alpha value is -2.66. The molecule has 0 heterocycles. The molecule has 144 valence electrons. The molecule has 0 saturated carbocycles. The molecule has 0 amide bonds. The van der Waals surface area contributed by atoms with Crippen molar-refractivity contribution in [3.8, 4) is 11.5 Å². The average molecular weight is 372 g/mol. The summed E-state index contributed by atoms with van der Waals surface area (Å²) in [6.45, 7) is 4.74. The largest absolute Gasteiger partial charge is 0.489 e. The van der Waals surface area contributed by atoms with E-state index in [0.29, 0.717) is 42.0 Å². The second-order valence-electron chi connectivity index (χ2n) is 5.94. The molecule has 0 atom stereocenters. The molecule has 0 fully saturated rings. The molecule has 0 aliphatic heterocycles. The molecule has 2 aromatic rings. The number of benzene rings is 2. The second kappa shape index (κ2) is 11.1. The quantitative estimate of drug-likeness (QED) is 0.312. The van der Waals surface area contributed by atoms with Crippen LogP contribution in [0.4, 0.5) is 4.39 Å². The zero-order chi connectivity index (χ0) is 19.5. The predicted molar refractivity (Wildman–Crippen MR) is 103 cm³/mol. The van der Waals surface area contributed by atoms with Crippen LogP contribution in [-0.2, 0) is 11.2 Å². The topological polar surface area (TPSA) is 44.8 Å². The monoisotopic (exact) mass is 372 g/mol. The molecule has 0 bridgehead atoms. The molecule has 2 rings (SSSR count). The molecule has 0 saturated heterocycles. The predicted octanol–water partition coefficient (Wildman–Crippen LogP) is 5.13. The van der Waals surface area contributed by atoms with Crippen molar-refractivity contribution >= 4 is 5.78 Å². The fourth-order valence-corrected chi connectivity index (χ4v) is 2.35. The number of ether oxygens (including phenoxy) is 3. The Bertz CT molecular complexity index is 753. The Kier molecular flexibility index (Phi) is 8.52. The standard InChI is InChI=1S/C22H25FO4/c1-3-17(14-23)15-26-20-10-8-19(9-11-20)22(24)13-18-6-5-7-21(12-18)27-16-25-4-2/h5-12,14H,3-4,13,15-16H2,1-2H3. The van der Waals surface area contributed by atoms with Crippen molar-refractivity contribution in [3.63, 3.8) is 0 Å². The zero-order valence-electron chi connectivity index (χ0n) is 15.7. The molecule has 5 heteroatoms. The van der Waals surface area contributed by atoms with E-state index >= 15 is 0 Å². The van der Waals surface area contributed by atoms with E-state index in [1.54, 1.807) is 24.3 Å². The van der Waals surface area contributed by atoms with Gasteiger partial charge in [-0.05, 0) is 60.9 Å². The van der Waals surface area contributed by atoms with Crippen molar-refractivity contribution in [3.05, 3.63) is 71.6 Å². The highest BCUT2D eigenvalue weighted by atomic mass is 19.1. The number of carbonyl (C=O) groups excluding carboxylic acids is 1. The Morgan fingerprint density at radius 1 is 1.04 bits per heavy atom. The molecule has 0 aliphatic rings. The average Bonchev–Trinajstić information content (AvgIpc) is 2.70. The normalized spacial score (nSPS) is 11.3. The molecular weight excluding hydrogens is 347 g/mol. The lowest BCUT2D eigenvalue weighted by Gasteiger charge is -2.09. The number of rotatable bonds is 11. The first-order chi connectivity index (χ1) is 13.2. The third-order valence-electron chi connectivity index (χ3n) is 3.99. The Labute approximate surface area is 159 Å². The third-order valence-corrected chi connectivity index (χ3v) is 3.99. The van der Waals surface area contributed by atoms with Gasteiger partial charge in [0.1, 0.15) is 18.1 Å². The zero-order valence-corrected chi connectivity index (χ0v) is 15.7. The minimum absolute atomic E-state index is 0.00131. The van der Waals surface area contributed by atoms with Gasteiger partial charge in [0.25, 0.3) is 0 Å². The molecule has 0 N–H and O–H groups in total. The van der Waals surface area contributed by atoms with Crippen LogP contribution in [0.15, 0.2) is 60.4 Å². The maximum absolute atomic E-state index is 12.6. The summed E-state index contributed by atoms with van der Waals surface area (Å²) >= 11 is 0. The highest BCUT2D eigenvalue weighted by molar-refractivity contribution is 5.97. The minimum atomic E-state index is 0.00131. The summed E-state index contributed by atoms with van der Waals surface area (Å²) in [5.74, 6) is 1.28. The van der Waals surface area contributed by atoms with Crippen molar-refractivity contribution < 1.29 is 23.4 Å². The number of Topliss-reactive ketones (excluding diaryl/α,β-unsaturated/α-hetero) is 1. The lowest BCUT2D eigenvalue weighted by Crippen LogP contribution is -2.05. The van der Waals surface area contributed by atoms with Crippen molar-refractivity contribution in [2.24, 2.45) is 0 Å². The van der Waals surface area contributed by atoms with Crippen molar-refractivity contribution in [2.75, 3.05) is 20.0 Å². The van der Waals surface area contributed by atoms with Crippen LogP contribution in [0.5, 0.6) is 11.5 Å². The van der Waals surface area contributed by atoms with Gasteiger partial charge in [-0.15, -0.1) is 0 Å². The molecule has 4 nitrogen and oxygen atoms in total. The van der Waals surface area contributed by atoms with Crippen LogP contribution in [0.2, 0.25) is 0 Å². The Morgan fingerprint density at radius 3 is 2.48 bits per heavy atom. The number of halogens is 1. The third kappa shape index (κ3) is 6.87. The lowest BCUT2D eigenvalue weighted by molar-refractivity contribution is 0.0224. The van der Waals surface area contributed by atoms with Gasteiger partial charge >= 0.3 is 0 Å². The summed E-state index contributed by atoms with van der Waals surface area (Å²) < 4.78 is 28.7. The fourth-order valence-electron chi connectivity index (χ4n) is 2.35. The molecule has 0 spiro atoms. The molecule has 0 aromatic heterocycles. The number of hydrogen-bond acceptors (Lipinski definition) is 4. The number of carbonyl (C=O) groups is 1. The molecule has 0 radical (unpaired) electrons. The van der Waals surface area contributed by atoms with Gasteiger partial charge in [-0.1, -0.05) is 19.1 Å². The summed E-state index contributed by atoms with van der Waals surface area (Å²) in [5.41, 5.74) is 2.05. The van der Waals surface area contributed by atoms with Gasteiger partial charge in [0.15, 0.2) is 12.6 Å². The van der Waals surface area contributed by atoms with Crippen LogP contribution in [0.3, 0.4) is 0 Å². The first kappa shape index (κ1) is 20.6. The van der Waals surface area contributed by atoms with Crippen LogP contribution >= 0.6 is 0 Å². The van der Waals surface area contributed by atoms with Gasteiger partial charge in [-0.3, -0.25) is 4.79 Å². The highest BCUT2D eigenvalue weighted by Crippen LogP contribution is 2.18. The van der Waals surface area contributed by atoms with E-state index in [4.69, 9.17) is 14.2 Å². The van der Waals surface area contributed by atoms with Gasteiger partial charge in [0.2, 0.25) is 0 Å². The van der Waals surface area contributed by atoms with Crippen LogP contribution < -0.4 is 9.47 Å². The maximum Gasteiger partial charge on any atom is 0.189 e. The van der Waals surface area contributed by atoms with E-state index in [1.807, 2.05) is 38.1 Å². The minimum Gasteiger partial charge on any atom is -0.489 e. The van der Waals surface area contributed by atoms with Gasteiger partial charge in [0, 0.05) is 18.6 Å². The van der Waals surface area contributed by atoms with E-state index in [9.17, 15) is 9.18 Å². The van der Waals surface area contributed by atoms with Crippen LogP contribution in [0.1, 0.15) is 36.2 Å². The van der Waals surface area contributed by atoms with Crippen molar-refractivity contribution in [2.45, 2.75) is 26.7 Å². The summed E-state index contributed by atoms with van der Waals surface area (Å²) in [4.78, 5) is 12.5. The van der Waals surface area contributed by atoms with E-state index in [0.717, 1.165) is 5.56 Å². The fraction of sp³-hybridized carbons (Fsp3) is 0.318. The van der Waals surface area contributed by atoms with Gasteiger partial charge in [-0.2, -0.15) is 0 Å². The number of hydrogen-bond donors (Lipinski definition) is 0. The summed E-state index contributed by atoms with van der Waals surface area (Å²) in [6, 6.07) is 14.3. The van der Waals surface area contributed by atoms with Gasteiger partial charge in [0.05, 0.1) is 6.33 Å². The van der Waals surface area contributed by atoms with E-state index < -0.39 is 0 Å². The van der Waals surface area contributed by atoms with Crippen molar-refractivity contribution in [1.29, 1.82) is 0 Å². The first-order valence-corrected chi connectivity index (χ1v) is 9.00. The summed E-state index contributed by atoms with van der Waals surface area (Å²) in [7, 11) is 0. The van der Waals surface area contributed by atoms with Crippen LogP contribution in [-0.4, -0.2) is 25.8 Å². The smallest absolute Gasteiger partial charge is 0.189 e. The van der Waals surface area contributed by atoms with E-state index in [1.165, 1.54) is 0 Å². The molecule has 27 heavy (non-hydrogen) atoms. The van der Waals surface area contributed by atoms with E-state index in [-0.39, 0.29) is 25.6 Å². The highest BCUT2D eigenvalue weighted by Gasteiger charge is 2.09. The Morgan fingerprint density at radius 2 is 1.81 bits per heavy atom. The summed E-state index contributed by atoms with van der Waals surface area (Å²) in [6.07, 6.45) is 1.45. The van der Waals surface area contributed by atoms with Crippen LogP contribution in [0, 0.1) is 0 Å². The summed E-state index contributed by atoms with van der Waals surface area (Å²) in [5, 5.41) is 0. The van der Waals surface area contributed by atoms with Crippen LogP contribution in [0.25, 0.3) is 0 Å². The number of ketones is 1. The van der Waals surface area contributed by atoms with Crippen molar-refractivity contribution in [1.82, 2.24) is 0 Å². The SMILES string of the molecule is CCOCOc1cccc(CC(=O)c2ccc(OCC(=CF)CC)cc2)c1. The van der Waals surface area contributed by atoms with Gasteiger partial charge < -0.3 is 14.2 Å². The first-order valence-electron chi connectivity index (χ1n) is 9.00. The molecular formula is C22H25FO4. The van der Waals surface area contributed by atoms with E-state index in [2.05, 4.69) is 0 Å².